The average Bonchev–Trinajstić information content (AvgIpc) is 3.44. The fourth-order valence-electron chi connectivity index (χ4n) is 6.59. The molecule has 2 bridgehead atoms. The van der Waals surface area contributed by atoms with Crippen molar-refractivity contribution >= 4 is 28.3 Å². The fraction of sp³-hybridized carbons (Fsp3) is 0.364. The highest BCUT2D eigenvalue weighted by Gasteiger charge is 2.41. The summed E-state index contributed by atoms with van der Waals surface area (Å²) in [5.74, 6) is 1.74. The molecule has 2 unspecified atom stereocenters. The molecule has 2 atom stereocenters. The Morgan fingerprint density at radius 1 is 0.897 bits per heavy atom. The van der Waals surface area contributed by atoms with Crippen molar-refractivity contribution in [2.45, 2.75) is 63.3 Å². The smallest absolute Gasteiger partial charge is 0.169 e. The van der Waals surface area contributed by atoms with Gasteiger partial charge in [0.2, 0.25) is 0 Å². The number of para-hydroxylation sites is 2. The summed E-state index contributed by atoms with van der Waals surface area (Å²) in [5.41, 5.74) is 2.81. The first kappa shape index (κ1) is 26.0. The zero-order valence-electron chi connectivity index (χ0n) is 22.4. The average molecular weight is 543 g/mol. The van der Waals surface area contributed by atoms with Crippen LogP contribution in [0.2, 0.25) is 5.02 Å². The Bertz CT molecular complexity index is 1440. The van der Waals surface area contributed by atoms with E-state index in [1.165, 1.54) is 12.8 Å². The summed E-state index contributed by atoms with van der Waals surface area (Å²) >= 11 is 6.34. The molecule has 0 radical (unpaired) electrons. The Morgan fingerprint density at radius 2 is 1.62 bits per heavy atom. The number of carbonyl (C=O) groups is 1. The first-order valence-corrected chi connectivity index (χ1v) is 14.4. The number of benzene rings is 3. The van der Waals surface area contributed by atoms with Crippen LogP contribution in [0.1, 0.15) is 48.0 Å². The first-order valence-electron chi connectivity index (χ1n) is 14.0. The summed E-state index contributed by atoms with van der Waals surface area (Å²) in [6, 6.07) is 24.8. The Labute approximate surface area is 235 Å². The molecule has 0 aliphatic carbocycles. The number of ether oxygens (including phenoxy) is 2. The minimum Gasteiger partial charge on any atom is -0.495 e. The van der Waals surface area contributed by atoms with Crippen LogP contribution in [0.3, 0.4) is 0 Å². The molecule has 0 spiro atoms. The van der Waals surface area contributed by atoms with Crippen LogP contribution in [0.4, 0.5) is 0 Å². The number of Topliss-reactive ketones (excluding diaryl/α,β-unsaturated/α-hetero) is 1. The van der Waals surface area contributed by atoms with Crippen LogP contribution in [0.15, 0.2) is 79.0 Å². The quantitative estimate of drug-likeness (QED) is 0.199. The Morgan fingerprint density at radius 3 is 2.36 bits per heavy atom. The van der Waals surface area contributed by atoms with Crippen molar-refractivity contribution in [2.24, 2.45) is 0 Å². The molecule has 2 saturated heterocycles. The van der Waals surface area contributed by atoms with E-state index in [0.717, 1.165) is 65.9 Å². The van der Waals surface area contributed by atoms with E-state index in [1.54, 1.807) is 7.11 Å². The van der Waals surface area contributed by atoms with Gasteiger partial charge in [-0.25, -0.2) is 0 Å². The van der Waals surface area contributed by atoms with Crippen LogP contribution >= 0.6 is 11.6 Å². The number of aryl methyl sites for hydroxylation is 1. The third-order valence-electron chi connectivity index (χ3n) is 8.38. The summed E-state index contributed by atoms with van der Waals surface area (Å²) < 4.78 is 14.3. The van der Waals surface area contributed by atoms with E-state index in [9.17, 15) is 4.79 Å². The number of aromatic nitrogens is 1. The number of rotatable bonds is 10. The van der Waals surface area contributed by atoms with E-state index in [-0.39, 0.29) is 11.9 Å². The van der Waals surface area contributed by atoms with Gasteiger partial charge in [0.05, 0.1) is 17.6 Å². The molecule has 2 aliphatic heterocycles. The van der Waals surface area contributed by atoms with Gasteiger partial charge >= 0.3 is 0 Å². The lowest BCUT2D eigenvalue weighted by molar-refractivity contribution is 0.0482. The summed E-state index contributed by atoms with van der Waals surface area (Å²) in [6.45, 7) is 1.88. The van der Waals surface area contributed by atoms with Crippen molar-refractivity contribution in [1.82, 2.24) is 9.47 Å². The summed E-state index contributed by atoms with van der Waals surface area (Å²) in [5, 5.41) is 1.65. The first-order chi connectivity index (χ1) is 19.1. The van der Waals surface area contributed by atoms with E-state index in [0.29, 0.717) is 23.5 Å². The minimum atomic E-state index is 0.136. The molecule has 202 valence electrons. The van der Waals surface area contributed by atoms with Crippen LogP contribution in [0.5, 0.6) is 11.5 Å². The largest absolute Gasteiger partial charge is 0.495 e. The van der Waals surface area contributed by atoms with Gasteiger partial charge in [0.1, 0.15) is 17.6 Å². The second-order valence-electron chi connectivity index (χ2n) is 10.8. The molecule has 6 rings (SSSR count). The molecule has 0 amide bonds. The predicted molar refractivity (Wildman–Crippen MR) is 156 cm³/mol. The van der Waals surface area contributed by atoms with Gasteiger partial charge in [0, 0.05) is 48.7 Å². The maximum absolute atomic E-state index is 13.4. The van der Waals surface area contributed by atoms with Crippen molar-refractivity contribution < 1.29 is 14.3 Å². The zero-order chi connectivity index (χ0) is 26.8. The highest BCUT2D eigenvalue weighted by Crippen LogP contribution is 2.38. The zero-order valence-corrected chi connectivity index (χ0v) is 23.1. The fourth-order valence-corrected chi connectivity index (χ4v) is 6.77. The number of hydrogen-bond acceptors (Lipinski definition) is 4. The van der Waals surface area contributed by atoms with Crippen LogP contribution in [-0.4, -0.2) is 47.1 Å². The highest BCUT2D eigenvalue weighted by molar-refractivity contribution is 6.32. The Kier molecular flexibility index (Phi) is 7.62. The molecule has 39 heavy (non-hydrogen) atoms. The second-order valence-corrected chi connectivity index (χ2v) is 11.2. The van der Waals surface area contributed by atoms with E-state index >= 15 is 0 Å². The number of fused-ring (bicyclic) bond motifs is 3. The van der Waals surface area contributed by atoms with Crippen LogP contribution in [0, 0.1) is 0 Å². The molecule has 3 aromatic carbocycles. The molecule has 5 nitrogen and oxygen atoms in total. The summed E-state index contributed by atoms with van der Waals surface area (Å²) in [6.07, 6.45) is 8.20. The molecule has 2 fully saturated rings. The maximum atomic E-state index is 13.4. The number of hydrogen-bond donors (Lipinski definition) is 0. The van der Waals surface area contributed by atoms with Gasteiger partial charge in [-0.1, -0.05) is 66.2 Å². The monoisotopic (exact) mass is 542 g/mol. The lowest BCUT2D eigenvalue weighted by Gasteiger charge is -2.39. The SMILES string of the molecule is COc1cccc2c(C(=O)Cc3ccccc3)cn(CCCN3C4CCC3CC(Oc3ccccc3Cl)C4)c12. The Balaban J connectivity index is 1.13. The lowest BCUT2D eigenvalue weighted by Crippen LogP contribution is -2.46. The van der Waals surface area contributed by atoms with E-state index in [2.05, 4.69) is 9.47 Å². The van der Waals surface area contributed by atoms with Crippen molar-refractivity contribution in [3.8, 4) is 11.5 Å². The number of ketones is 1. The summed E-state index contributed by atoms with van der Waals surface area (Å²) in [4.78, 5) is 16.0. The molecular formula is C33H35ClN2O3. The molecule has 3 heterocycles. The van der Waals surface area contributed by atoms with E-state index < -0.39 is 0 Å². The van der Waals surface area contributed by atoms with E-state index in [1.807, 2.05) is 79.0 Å². The predicted octanol–water partition coefficient (Wildman–Crippen LogP) is 7.19. The van der Waals surface area contributed by atoms with Crippen molar-refractivity contribution in [3.05, 3.63) is 95.1 Å². The van der Waals surface area contributed by atoms with Crippen LogP contribution in [-0.2, 0) is 13.0 Å². The van der Waals surface area contributed by atoms with Gasteiger partial charge in [-0.15, -0.1) is 0 Å². The van der Waals surface area contributed by atoms with Crippen molar-refractivity contribution in [2.75, 3.05) is 13.7 Å². The summed E-state index contributed by atoms with van der Waals surface area (Å²) in [7, 11) is 1.70. The topological polar surface area (TPSA) is 43.7 Å². The van der Waals surface area contributed by atoms with Gasteiger partial charge < -0.3 is 14.0 Å². The normalized spacial score (nSPS) is 20.8. The second kappa shape index (κ2) is 11.4. The van der Waals surface area contributed by atoms with Gasteiger partial charge in [-0.2, -0.15) is 0 Å². The molecule has 4 aromatic rings. The van der Waals surface area contributed by atoms with Crippen molar-refractivity contribution in [3.63, 3.8) is 0 Å². The Hall–Kier alpha value is -3.28. The molecule has 1 aromatic heterocycles. The highest BCUT2D eigenvalue weighted by atomic mass is 35.5. The minimum absolute atomic E-state index is 0.136. The van der Waals surface area contributed by atoms with Gasteiger partial charge in [0.15, 0.2) is 5.78 Å². The van der Waals surface area contributed by atoms with Gasteiger partial charge in [-0.05, 0) is 55.9 Å². The number of piperidine rings is 1. The van der Waals surface area contributed by atoms with Crippen LogP contribution in [0.25, 0.3) is 10.9 Å². The standard InChI is InChI=1S/C33H35ClN2O3/c1-38-32-14-7-11-27-28(30(37)19-23-9-3-2-4-10-23)22-35(33(27)32)17-8-18-36-24-15-16-25(36)21-26(20-24)39-31-13-6-5-12-29(31)34/h2-7,9-14,22,24-26H,8,15-21H2,1H3. The van der Waals surface area contributed by atoms with E-state index in [4.69, 9.17) is 21.1 Å². The van der Waals surface area contributed by atoms with Gasteiger partial charge in [-0.3, -0.25) is 9.69 Å². The molecule has 6 heteroatoms. The number of nitrogens with zero attached hydrogens (tertiary/aromatic N) is 2. The number of carbonyl (C=O) groups excluding carboxylic acids is 1. The maximum Gasteiger partial charge on any atom is 0.169 e. The lowest BCUT2D eigenvalue weighted by atomic mass is 9.99. The molecule has 0 saturated carbocycles. The third kappa shape index (κ3) is 5.43. The molecule has 0 N–H and O–H groups in total. The number of halogens is 1. The molecular weight excluding hydrogens is 508 g/mol. The molecule has 2 aliphatic rings. The number of methoxy groups -OCH3 is 1. The van der Waals surface area contributed by atoms with Crippen molar-refractivity contribution in [1.29, 1.82) is 0 Å². The van der Waals surface area contributed by atoms with Gasteiger partial charge in [0.25, 0.3) is 0 Å². The third-order valence-corrected chi connectivity index (χ3v) is 8.69. The van der Waals surface area contributed by atoms with Crippen LogP contribution < -0.4 is 9.47 Å².